The van der Waals surface area contributed by atoms with E-state index in [4.69, 9.17) is 4.74 Å². The highest BCUT2D eigenvalue weighted by Gasteiger charge is 2.07. The summed E-state index contributed by atoms with van der Waals surface area (Å²) in [6.07, 6.45) is 2.74. The number of ether oxygens (including phenoxy) is 1. The number of rotatable bonds is 10. The lowest BCUT2D eigenvalue weighted by molar-refractivity contribution is 0.0942. The number of anilines is 1. The third kappa shape index (κ3) is 7.06. The predicted octanol–water partition coefficient (Wildman–Crippen LogP) is 1.21. The molecule has 0 radical (unpaired) electrons. The van der Waals surface area contributed by atoms with Crippen LogP contribution in [-0.2, 0) is 4.74 Å². The van der Waals surface area contributed by atoms with Crippen molar-refractivity contribution < 1.29 is 9.53 Å². The van der Waals surface area contributed by atoms with Crippen LogP contribution < -0.4 is 10.6 Å². The van der Waals surface area contributed by atoms with Gasteiger partial charge in [0.25, 0.3) is 5.91 Å². The van der Waals surface area contributed by atoms with Crippen molar-refractivity contribution in [1.29, 1.82) is 0 Å². The average Bonchev–Trinajstić information content (AvgIpc) is 2.51. The number of aromatic nitrogens is 1. The van der Waals surface area contributed by atoms with E-state index in [-0.39, 0.29) is 5.91 Å². The van der Waals surface area contributed by atoms with E-state index in [0.29, 0.717) is 18.8 Å². The van der Waals surface area contributed by atoms with Crippen LogP contribution in [0.2, 0.25) is 0 Å². The summed E-state index contributed by atoms with van der Waals surface area (Å²) in [6, 6.07) is 3.62. The fourth-order valence-electron chi connectivity index (χ4n) is 1.71. The Morgan fingerprint density at radius 3 is 2.76 bits per heavy atom. The van der Waals surface area contributed by atoms with Crippen molar-refractivity contribution in [2.24, 2.45) is 0 Å². The van der Waals surface area contributed by atoms with Gasteiger partial charge in [0.15, 0.2) is 0 Å². The first-order valence-corrected chi connectivity index (χ1v) is 7.33. The topological polar surface area (TPSA) is 66.5 Å². The van der Waals surface area contributed by atoms with Crippen LogP contribution in [0.1, 0.15) is 23.8 Å². The Labute approximate surface area is 126 Å². The third-order valence-corrected chi connectivity index (χ3v) is 3.03. The molecule has 0 atom stereocenters. The van der Waals surface area contributed by atoms with E-state index < -0.39 is 0 Å². The molecular weight excluding hydrogens is 268 g/mol. The Morgan fingerprint density at radius 1 is 1.33 bits per heavy atom. The van der Waals surface area contributed by atoms with Gasteiger partial charge in [0.05, 0.1) is 18.5 Å². The normalized spacial score (nSPS) is 10.7. The molecule has 0 bridgehead atoms. The summed E-state index contributed by atoms with van der Waals surface area (Å²) < 4.78 is 5.00. The van der Waals surface area contributed by atoms with Crippen LogP contribution in [0.15, 0.2) is 18.3 Å². The van der Waals surface area contributed by atoms with Crippen LogP contribution in [-0.4, -0.2) is 62.7 Å². The van der Waals surface area contributed by atoms with E-state index in [1.807, 2.05) is 13.1 Å². The van der Waals surface area contributed by atoms with Crippen LogP contribution in [0.25, 0.3) is 0 Å². The van der Waals surface area contributed by atoms with E-state index in [1.165, 1.54) is 0 Å². The van der Waals surface area contributed by atoms with Crippen LogP contribution in [0.3, 0.4) is 0 Å². The molecule has 0 spiro atoms. The summed E-state index contributed by atoms with van der Waals surface area (Å²) in [6.45, 7) is 5.93. The van der Waals surface area contributed by atoms with Gasteiger partial charge in [0, 0.05) is 33.3 Å². The number of carbonyl (C=O) groups is 1. The van der Waals surface area contributed by atoms with Crippen LogP contribution >= 0.6 is 0 Å². The quantitative estimate of drug-likeness (QED) is 0.679. The Kier molecular flexibility index (Phi) is 8.38. The third-order valence-electron chi connectivity index (χ3n) is 3.03. The van der Waals surface area contributed by atoms with Crippen LogP contribution in [0.5, 0.6) is 0 Å². The SMILES string of the molecule is CCCNc1ccc(C(=O)NCCN(C)CCOC)nc1. The molecule has 1 aromatic rings. The maximum atomic E-state index is 11.9. The van der Waals surface area contributed by atoms with E-state index in [1.54, 1.807) is 19.4 Å². The molecule has 0 unspecified atom stereocenters. The van der Waals surface area contributed by atoms with Gasteiger partial charge in [0.2, 0.25) is 0 Å². The summed E-state index contributed by atoms with van der Waals surface area (Å²) in [7, 11) is 3.68. The van der Waals surface area contributed by atoms with Crippen LogP contribution in [0, 0.1) is 0 Å². The molecule has 118 valence electrons. The number of hydrogen-bond acceptors (Lipinski definition) is 5. The van der Waals surface area contributed by atoms with E-state index >= 15 is 0 Å². The highest BCUT2D eigenvalue weighted by Crippen LogP contribution is 2.05. The Balaban J connectivity index is 2.31. The number of likely N-dealkylation sites (N-methyl/N-ethyl adjacent to an activating group) is 1. The monoisotopic (exact) mass is 294 g/mol. The average molecular weight is 294 g/mol. The number of nitrogens with one attached hydrogen (secondary N) is 2. The summed E-state index contributed by atoms with van der Waals surface area (Å²) in [5.41, 5.74) is 1.38. The van der Waals surface area contributed by atoms with Crippen molar-refractivity contribution in [2.75, 3.05) is 52.3 Å². The minimum atomic E-state index is -0.141. The fourth-order valence-corrected chi connectivity index (χ4v) is 1.71. The molecule has 0 aromatic carbocycles. The number of amides is 1. The zero-order chi connectivity index (χ0) is 15.5. The van der Waals surface area contributed by atoms with Gasteiger partial charge >= 0.3 is 0 Å². The lowest BCUT2D eigenvalue weighted by Gasteiger charge is -2.16. The van der Waals surface area contributed by atoms with Crippen molar-refractivity contribution in [3.63, 3.8) is 0 Å². The molecule has 0 saturated heterocycles. The number of nitrogens with zero attached hydrogens (tertiary/aromatic N) is 2. The molecule has 0 aliphatic heterocycles. The maximum absolute atomic E-state index is 11.9. The van der Waals surface area contributed by atoms with Gasteiger partial charge in [-0.3, -0.25) is 4.79 Å². The predicted molar refractivity (Wildman–Crippen MR) is 84.7 cm³/mol. The zero-order valence-corrected chi connectivity index (χ0v) is 13.2. The largest absolute Gasteiger partial charge is 0.384 e. The van der Waals surface area contributed by atoms with Crippen molar-refractivity contribution in [1.82, 2.24) is 15.2 Å². The number of methoxy groups -OCH3 is 1. The van der Waals surface area contributed by atoms with E-state index in [9.17, 15) is 4.79 Å². The van der Waals surface area contributed by atoms with Crippen molar-refractivity contribution in [3.05, 3.63) is 24.0 Å². The molecule has 0 aliphatic carbocycles. The molecule has 0 saturated carbocycles. The van der Waals surface area contributed by atoms with Gasteiger partial charge in [-0.05, 0) is 25.6 Å². The lowest BCUT2D eigenvalue weighted by Crippen LogP contribution is -2.34. The van der Waals surface area contributed by atoms with Gasteiger partial charge in [0.1, 0.15) is 5.69 Å². The molecular formula is C15H26N4O2. The Morgan fingerprint density at radius 2 is 2.14 bits per heavy atom. The first-order chi connectivity index (χ1) is 10.2. The molecule has 1 aromatic heterocycles. The van der Waals surface area contributed by atoms with Gasteiger partial charge in [-0.1, -0.05) is 6.92 Å². The molecule has 1 rings (SSSR count). The van der Waals surface area contributed by atoms with Gasteiger partial charge in [-0.2, -0.15) is 0 Å². The van der Waals surface area contributed by atoms with Gasteiger partial charge < -0.3 is 20.3 Å². The molecule has 21 heavy (non-hydrogen) atoms. The molecule has 1 heterocycles. The van der Waals surface area contributed by atoms with Crippen molar-refractivity contribution >= 4 is 11.6 Å². The molecule has 0 aliphatic rings. The molecule has 6 heteroatoms. The highest BCUT2D eigenvalue weighted by atomic mass is 16.5. The van der Waals surface area contributed by atoms with Crippen molar-refractivity contribution in [3.8, 4) is 0 Å². The maximum Gasteiger partial charge on any atom is 0.269 e. The summed E-state index contributed by atoms with van der Waals surface area (Å²) in [5.74, 6) is -0.141. The Bertz CT molecular complexity index is 409. The second-order valence-corrected chi connectivity index (χ2v) is 4.91. The highest BCUT2D eigenvalue weighted by molar-refractivity contribution is 5.92. The van der Waals surface area contributed by atoms with Gasteiger partial charge in [-0.25, -0.2) is 4.98 Å². The lowest BCUT2D eigenvalue weighted by atomic mass is 10.3. The Hall–Kier alpha value is -1.66. The first kappa shape index (κ1) is 17.4. The molecule has 2 N–H and O–H groups in total. The smallest absolute Gasteiger partial charge is 0.269 e. The molecule has 0 fully saturated rings. The minimum Gasteiger partial charge on any atom is -0.384 e. The number of hydrogen-bond donors (Lipinski definition) is 2. The second-order valence-electron chi connectivity index (χ2n) is 4.91. The summed E-state index contributed by atoms with van der Waals surface area (Å²) in [5, 5.41) is 6.09. The van der Waals surface area contributed by atoms with E-state index in [0.717, 1.165) is 31.7 Å². The molecule has 6 nitrogen and oxygen atoms in total. The number of carbonyl (C=O) groups excluding carboxylic acids is 1. The van der Waals surface area contributed by atoms with Gasteiger partial charge in [-0.15, -0.1) is 0 Å². The summed E-state index contributed by atoms with van der Waals surface area (Å²) >= 11 is 0. The standard InChI is InChI=1S/C15H26N4O2/c1-4-7-16-13-5-6-14(18-12-13)15(20)17-8-9-19(2)10-11-21-3/h5-6,12,16H,4,7-11H2,1-3H3,(H,17,20). The fraction of sp³-hybridized carbons (Fsp3) is 0.600. The first-order valence-electron chi connectivity index (χ1n) is 7.33. The minimum absolute atomic E-state index is 0.141. The second kappa shape index (κ2) is 10.1. The number of pyridine rings is 1. The van der Waals surface area contributed by atoms with E-state index in [2.05, 4.69) is 27.4 Å². The molecule has 1 amide bonds. The van der Waals surface area contributed by atoms with Crippen LogP contribution in [0.4, 0.5) is 5.69 Å². The zero-order valence-electron chi connectivity index (χ0n) is 13.2. The summed E-state index contributed by atoms with van der Waals surface area (Å²) in [4.78, 5) is 18.2. The van der Waals surface area contributed by atoms with Crippen molar-refractivity contribution in [2.45, 2.75) is 13.3 Å².